The SMILES string of the molecule is NC1=CC2=CC=C(O)NC2C=C1. The van der Waals surface area contributed by atoms with Gasteiger partial charge < -0.3 is 16.2 Å². The van der Waals surface area contributed by atoms with Crippen molar-refractivity contribution in [3.63, 3.8) is 0 Å². The van der Waals surface area contributed by atoms with Crippen molar-refractivity contribution in [3.8, 4) is 0 Å². The third kappa shape index (κ3) is 1.09. The van der Waals surface area contributed by atoms with Gasteiger partial charge in [-0.15, -0.1) is 0 Å². The van der Waals surface area contributed by atoms with Crippen LogP contribution in [0.2, 0.25) is 0 Å². The van der Waals surface area contributed by atoms with Crippen LogP contribution in [0.3, 0.4) is 0 Å². The number of aliphatic hydroxyl groups excluding tert-OH is 1. The number of nitrogens with two attached hydrogens (primary N) is 1. The van der Waals surface area contributed by atoms with Crippen molar-refractivity contribution in [2.24, 2.45) is 5.73 Å². The molecule has 1 aliphatic carbocycles. The molecule has 0 aromatic heterocycles. The average Bonchev–Trinajstić information content (AvgIpc) is 2.05. The standard InChI is InChI=1S/C9H10N2O/c10-7-2-3-8-6(5-7)1-4-9(12)11-8/h1-5,8,11-12H,10H2. The van der Waals surface area contributed by atoms with Crippen molar-refractivity contribution in [1.82, 2.24) is 5.32 Å². The number of fused-ring (bicyclic) bond motifs is 1. The molecule has 0 fully saturated rings. The van der Waals surface area contributed by atoms with Crippen LogP contribution in [0, 0.1) is 0 Å². The zero-order chi connectivity index (χ0) is 8.55. The Balaban J connectivity index is 2.35. The Morgan fingerprint density at radius 1 is 1.42 bits per heavy atom. The highest BCUT2D eigenvalue weighted by Gasteiger charge is 2.15. The van der Waals surface area contributed by atoms with E-state index < -0.39 is 0 Å². The molecule has 2 rings (SSSR count). The molecule has 0 amide bonds. The minimum atomic E-state index is 0.0716. The lowest BCUT2D eigenvalue weighted by molar-refractivity contribution is 0.356. The van der Waals surface area contributed by atoms with E-state index >= 15 is 0 Å². The highest BCUT2D eigenvalue weighted by atomic mass is 16.3. The van der Waals surface area contributed by atoms with Gasteiger partial charge in [0.15, 0.2) is 5.88 Å². The summed E-state index contributed by atoms with van der Waals surface area (Å²) in [7, 11) is 0. The number of dihydropyridines is 1. The molecular formula is C9H10N2O. The van der Waals surface area contributed by atoms with E-state index in [0.29, 0.717) is 0 Å². The van der Waals surface area contributed by atoms with Gasteiger partial charge in [-0.3, -0.25) is 0 Å². The highest BCUT2D eigenvalue weighted by molar-refractivity contribution is 5.44. The van der Waals surface area contributed by atoms with Crippen LogP contribution < -0.4 is 11.1 Å². The summed E-state index contributed by atoms with van der Waals surface area (Å²) < 4.78 is 0. The fourth-order valence-electron chi connectivity index (χ4n) is 1.31. The predicted molar refractivity (Wildman–Crippen MR) is 47.1 cm³/mol. The second-order valence-electron chi connectivity index (χ2n) is 2.84. The molecule has 1 aliphatic heterocycles. The van der Waals surface area contributed by atoms with Gasteiger partial charge in [0.1, 0.15) is 0 Å². The summed E-state index contributed by atoms with van der Waals surface area (Å²) in [4.78, 5) is 0. The molecule has 2 aliphatic rings. The summed E-state index contributed by atoms with van der Waals surface area (Å²) in [6.07, 6.45) is 9.11. The van der Waals surface area contributed by atoms with Crippen molar-refractivity contribution < 1.29 is 5.11 Å². The van der Waals surface area contributed by atoms with E-state index in [-0.39, 0.29) is 11.9 Å². The van der Waals surface area contributed by atoms with Gasteiger partial charge in [0.05, 0.1) is 6.04 Å². The zero-order valence-corrected chi connectivity index (χ0v) is 6.49. The minimum absolute atomic E-state index is 0.0716. The molecule has 0 aromatic rings. The lowest BCUT2D eigenvalue weighted by atomic mass is 9.98. The van der Waals surface area contributed by atoms with Crippen LogP contribution in [0.4, 0.5) is 0 Å². The van der Waals surface area contributed by atoms with E-state index in [0.717, 1.165) is 11.3 Å². The number of aliphatic hydroxyl groups is 1. The second-order valence-corrected chi connectivity index (χ2v) is 2.84. The topological polar surface area (TPSA) is 58.3 Å². The quantitative estimate of drug-likeness (QED) is 0.491. The van der Waals surface area contributed by atoms with Crippen LogP contribution in [0.15, 0.2) is 47.5 Å². The van der Waals surface area contributed by atoms with Crippen molar-refractivity contribution in [1.29, 1.82) is 0 Å². The smallest absolute Gasteiger partial charge is 0.184 e. The fourth-order valence-corrected chi connectivity index (χ4v) is 1.31. The molecule has 0 radical (unpaired) electrons. The lowest BCUT2D eigenvalue weighted by Gasteiger charge is -2.22. The summed E-state index contributed by atoms with van der Waals surface area (Å²) in [6, 6.07) is 0.0716. The summed E-state index contributed by atoms with van der Waals surface area (Å²) in [6.45, 7) is 0. The Bertz CT molecular complexity index is 323. The van der Waals surface area contributed by atoms with Crippen LogP contribution in [-0.2, 0) is 0 Å². The molecule has 3 heteroatoms. The monoisotopic (exact) mass is 162 g/mol. The van der Waals surface area contributed by atoms with Crippen LogP contribution >= 0.6 is 0 Å². The van der Waals surface area contributed by atoms with Crippen LogP contribution in [0.25, 0.3) is 0 Å². The van der Waals surface area contributed by atoms with Crippen molar-refractivity contribution in [3.05, 3.63) is 47.5 Å². The molecule has 0 saturated heterocycles. The number of nitrogens with one attached hydrogen (secondary N) is 1. The molecule has 1 unspecified atom stereocenters. The van der Waals surface area contributed by atoms with Gasteiger partial charge in [-0.1, -0.05) is 12.2 Å². The fraction of sp³-hybridized carbons (Fsp3) is 0.111. The number of rotatable bonds is 0. The van der Waals surface area contributed by atoms with Gasteiger partial charge >= 0.3 is 0 Å². The largest absolute Gasteiger partial charge is 0.495 e. The Hall–Kier alpha value is -1.64. The van der Waals surface area contributed by atoms with Crippen LogP contribution in [-0.4, -0.2) is 11.1 Å². The predicted octanol–water partition coefficient (Wildman–Crippen LogP) is 0.696. The van der Waals surface area contributed by atoms with Gasteiger partial charge in [-0.2, -0.15) is 0 Å². The maximum absolute atomic E-state index is 9.13. The maximum atomic E-state index is 9.13. The number of allylic oxidation sites excluding steroid dienone is 3. The molecule has 12 heavy (non-hydrogen) atoms. The van der Waals surface area contributed by atoms with Gasteiger partial charge in [0.2, 0.25) is 0 Å². The molecule has 0 saturated carbocycles. The Morgan fingerprint density at radius 3 is 3.08 bits per heavy atom. The van der Waals surface area contributed by atoms with E-state index in [1.54, 1.807) is 6.08 Å². The molecule has 62 valence electrons. The van der Waals surface area contributed by atoms with Gasteiger partial charge in [0.25, 0.3) is 0 Å². The third-order valence-corrected chi connectivity index (χ3v) is 1.91. The third-order valence-electron chi connectivity index (χ3n) is 1.91. The Morgan fingerprint density at radius 2 is 2.25 bits per heavy atom. The molecule has 0 bridgehead atoms. The summed E-state index contributed by atoms with van der Waals surface area (Å²) >= 11 is 0. The first-order valence-electron chi connectivity index (χ1n) is 3.78. The first-order chi connectivity index (χ1) is 5.75. The first-order valence-corrected chi connectivity index (χ1v) is 3.78. The minimum Gasteiger partial charge on any atom is -0.495 e. The Kier molecular flexibility index (Phi) is 1.43. The van der Waals surface area contributed by atoms with Gasteiger partial charge in [-0.25, -0.2) is 0 Å². The molecule has 4 N–H and O–H groups in total. The molecular weight excluding hydrogens is 152 g/mol. The lowest BCUT2D eigenvalue weighted by Crippen LogP contribution is -2.31. The second kappa shape index (κ2) is 2.44. The van der Waals surface area contributed by atoms with E-state index in [9.17, 15) is 0 Å². The summed E-state index contributed by atoms with van der Waals surface area (Å²) in [5, 5.41) is 12.0. The first kappa shape index (κ1) is 7.03. The summed E-state index contributed by atoms with van der Waals surface area (Å²) in [5.41, 5.74) is 7.42. The van der Waals surface area contributed by atoms with E-state index in [1.165, 1.54) is 0 Å². The molecule has 0 aromatic carbocycles. The van der Waals surface area contributed by atoms with Gasteiger partial charge in [-0.05, 0) is 23.8 Å². The van der Waals surface area contributed by atoms with Crippen molar-refractivity contribution in [2.75, 3.05) is 0 Å². The summed E-state index contributed by atoms with van der Waals surface area (Å²) in [5.74, 6) is 0.197. The van der Waals surface area contributed by atoms with Crippen molar-refractivity contribution >= 4 is 0 Å². The molecule has 0 spiro atoms. The van der Waals surface area contributed by atoms with Crippen LogP contribution in [0.1, 0.15) is 0 Å². The number of hydrogen-bond acceptors (Lipinski definition) is 3. The van der Waals surface area contributed by atoms with E-state index in [2.05, 4.69) is 5.32 Å². The zero-order valence-electron chi connectivity index (χ0n) is 6.49. The van der Waals surface area contributed by atoms with E-state index in [1.807, 2.05) is 24.3 Å². The van der Waals surface area contributed by atoms with Crippen LogP contribution in [0.5, 0.6) is 0 Å². The highest BCUT2D eigenvalue weighted by Crippen LogP contribution is 2.17. The van der Waals surface area contributed by atoms with E-state index in [4.69, 9.17) is 10.8 Å². The normalized spacial score (nSPS) is 26.3. The van der Waals surface area contributed by atoms with Gasteiger partial charge in [0, 0.05) is 5.70 Å². The maximum Gasteiger partial charge on any atom is 0.184 e. The number of hydrogen-bond donors (Lipinski definition) is 3. The molecule has 3 nitrogen and oxygen atoms in total. The average molecular weight is 162 g/mol. The molecule has 1 heterocycles. The van der Waals surface area contributed by atoms with Crippen molar-refractivity contribution in [2.45, 2.75) is 6.04 Å². The Labute approximate surface area is 70.6 Å². The molecule has 1 atom stereocenters.